The summed E-state index contributed by atoms with van der Waals surface area (Å²) in [6.07, 6.45) is 1.67. The first-order chi connectivity index (χ1) is 16.5. The average Bonchev–Trinajstić information content (AvgIpc) is 2.87. The highest BCUT2D eigenvalue weighted by atomic mass is 19.1. The fraction of sp³-hybridized carbons (Fsp3) is 0.107. The molecule has 5 rings (SSSR count). The van der Waals surface area contributed by atoms with Gasteiger partial charge in [-0.05, 0) is 48.4 Å². The number of hydrogen-bond donors (Lipinski definition) is 0. The molecule has 0 amide bonds. The Morgan fingerprint density at radius 3 is 2.03 bits per heavy atom. The van der Waals surface area contributed by atoms with E-state index in [1.807, 2.05) is 79.5 Å². The van der Waals surface area contributed by atoms with Gasteiger partial charge in [0.25, 0.3) is 5.56 Å². The topological polar surface area (TPSA) is 51.0 Å². The molecule has 0 aliphatic carbocycles. The number of aromatic nitrogens is 3. The molecule has 2 aromatic heterocycles. The molecule has 0 fully saturated rings. The molecule has 0 aliphatic heterocycles. The van der Waals surface area contributed by atoms with Gasteiger partial charge in [-0.25, -0.2) is 14.4 Å². The molecular formula is C28H23FN4O. The molecule has 0 atom stereocenters. The van der Waals surface area contributed by atoms with Crippen LogP contribution in [0.2, 0.25) is 0 Å². The lowest BCUT2D eigenvalue weighted by Gasteiger charge is -2.24. The smallest absolute Gasteiger partial charge is 0.263 e. The molecule has 0 N–H and O–H groups in total. The molecule has 0 radical (unpaired) electrons. The molecule has 0 bridgehead atoms. The van der Waals surface area contributed by atoms with Crippen LogP contribution in [0.15, 0.2) is 102 Å². The van der Waals surface area contributed by atoms with Crippen LogP contribution in [0.4, 0.5) is 15.8 Å². The van der Waals surface area contributed by atoms with Crippen molar-refractivity contribution in [3.05, 3.63) is 130 Å². The van der Waals surface area contributed by atoms with E-state index in [1.54, 1.807) is 29.0 Å². The van der Waals surface area contributed by atoms with E-state index >= 15 is 0 Å². The number of benzene rings is 3. The van der Waals surface area contributed by atoms with Crippen LogP contribution in [-0.4, -0.2) is 21.6 Å². The number of aryl methyl sites for hydroxylation is 1. The summed E-state index contributed by atoms with van der Waals surface area (Å²) in [4.78, 5) is 24.9. The van der Waals surface area contributed by atoms with Crippen molar-refractivity contribution in [3.63, 3.8) is 0 Å². The van der Waals surface area contributed by atoms with Crippen LogP contribution in [0.1, 0.15) is 23.0 Å². The maximum Gasteiger partial charge on any atom is 0.263 e. The summed E-state index contributed by atoms with van der Waals surface area (Å²) in [6.45, 7) is 1.83. The van der Waals surface area contributed by atoms with Gasteiger partial charge in [-0.1, -0.05) is 60.7 Å². The van der Waals surface area contributed by atoms with Crippen LogP contribution < -0.4 is 10.5 Å². The minimum absolute atomic E-state index is 0.165. The Morgan fingerprint density at radius 2 is 1.44 bits per heavy atom. The van der Waals surface area contributed by atoms with Crippen molar-refractivity contribution >= 4 is 22.4 Å². The Labute approximate surface area is 196 Å². The first-order valence-electron chi connectivity index (χ1n) is 11.0. The highest BCUT2D eigenvalue weighted by Crippen LogP contribution is 2.28. The number of pyridine rings is 1. The summed E-state index contributed by atoms with van der Waals surface area (Å²) in [7, 11) is 1.85. The van der Waals surface area contributed by atoms with E-state index < -0.39 is 0 Å². The maximum atomic E-state index is 13.9. The fourth-order valence-corrected chi connectivity index (χ4v) is 4.24. The van der Waals surface area contributed by atoms with Gasteiger partial charge in [0.05, 0.1) is 23.3 Å². The predicted molar refractivity (Wildman–Crippen MR) is 133 cm³/mol. The van der Waals surface area contributed by atoms with Crippen molar-refractivity contribution in [3.8, 4) is 0 Å². The Bertz CT molecular complexity index is 1460. The lowest BCUT2D eigenvalue weighted by molar-refractivity contribution is 0.619. The number of nitrogens with zero attached hydrogens (tertiary/aromatic N) is 4. The number of fused-ring (bicyclic) bond motifs is 1. The molecule has 6 heteroatoms. The van der Waals surface area contributed by atoms with E-state index in [0.717, 1.165) is 16.8 Å². The molecule has 5 nitrogen and oxygen atoms in total. The van der Waals surface area contributed by atoms with Gasteiger partial charge in [0.2, 0.25) is 0 Å². The molecule has 5 aromatic rings. The van der Waals surface area contributed by atoms with Crippen molar-refractivity contribution in [2.24, 2.45) is 0 Å². The standard InChI is InChI=1S/C28H23FN4O/c1-19-31-27-25(17-24(18-30-27)32(2)23-15-13-22(29)14-16-23)28(34)33(19)26(20-9-5-3-6-10-20)21-11-7-4-8-12-21/h3-18,26H,1-2H3. The number of rotatable bonds is 5. The third kappa shape index (κ3) is 3.94. The second-order valence-corrected chi connectivity index (χ2v) is 8.16. The lowest BCUT2D eigenvalue weighted by atomic mass is 9.98. The normalized spacial score (nSPS) is 11.2. The summed E-state index contributed by atoms with van der Waals surface area (Å²) in [6, 6.07) is 27.5. The summed E-state index contributed by atoms with van der Waals surface area (Å²) in [5, 5.41) is 0.425. The van der Waals surface area contributed by atoms with Crippen LogP contribution in [0.5, 0.6) is 0 Å². The van der Waals surface area contributed by atoms with Gasteiger partial charge in [-0.2, -0.15) is 0 Å². The predicted octanol–water partition coefficient (Wildman–Crippen LogP) is 5.64. The number of halogens is 1. The van der Waals surface area contributed by atoms with E-state index in [2.05, 4.69) is 9.97 Å². The van der Waals surface area contributed by atoms with E-state index in [9.17, 15) is 9.18 Å². The highest BCUT2D eigenvalue weighted by Gasteiger charge is 2.22. The van der Waals surface area contributed by atoms with Gasteiger partial charge < -0.3 is 4.90 Å². The van der Waals surface area contributed by atoms with Crippen LogP contribution in [0, 0.1) is 12.7 Å². The largest absolute Gasteiger partial charge is 0.343 e. The highest BCUT2D eigenvalue weighted by molar-refractivity contribution is 5.79. The Hall–Kier alpha value is -4.32. The molecule has 34 heavy (non-hydrogen) atoms. The quantitative estimate of drug-likeness (QED) is 0.348. The lowest BCUT2D eigenvalue weighted by Crippen LogP contribution is -2.30. The zero-order valence-corrected chi connectivity index (χ0v) is 18.9. The van der Waals surface area contributed by atoms with Gasteiger partial charge in [0.1, 0.15) is 11.6 Å². The van der Waals surface area contributed by atoms with Crippen molar-refractivity contribution in [2.45, 2.75) is 13.0 Å². The molecule has 2 heterocycles. The average molecular weight is 451 g/mol. The fourth-order valence-electron chi connectivity index (χ4n) is 4.24. The van der Waals surface area contributed by atoms with Crippen molar-refractivity contribution in [2.75, 3.05) is 11.9 Å². The van der Waals surface area contributed by atoms with Crippen LogP contribution >= 0.6 is 0 Å². The molecule has 0 aliphatic rings. The second-order valence-electron chi connectivity index (χ2n) is 8.16. The third-order valence-electron chi connectivity index (χ3n) is 6.01. The van der Waals surface area contributed by atoms with Crippen LogP contribution in [0.3, 0.4) is 0 Å². The molecule has 0 saturated heterocycles. The summed E-state index contributed by atoms with van der Waals surface area (Å²) < 4.78 is 15.1. The molecule has 168 valence electrons. The van der Waals surface area contributed by atoms with E-state index in [1.165, 1.54) is 12.1 Å². The summed E-state index contributed by atoms with van der Waals surface area (Å²) in [5.41, 5.74) is 3.72. The van der Waals surface area contributed by atoms with Gasteiger partial charge >= 0.3 is 0 Å². The molecule has 0 spiro atoms. The Kier molecular flexibility index (Phi) is 5.64. The third-order valence-corrected chi connectivity index (χ3v) is 6.01. The molecular weight excluding hydrogens is 427 g/mol. The van der Waals surface area contributed by atoms with Gasteiger partial charge in [0, 0.05) is 12.7 Å². The minimum Gasteiger partial charge on any atom is -0.343 e. The van der Waals surface area contributed by atoms with Crippen molar-refractivity contribution in [1.29, 1.82) is 0 Å². The second kappa shape index (κ2) is 8.90. The zero-order chi connectivity index (χ0) is 23.7. The van der Waals surface area contributed by atoms with Gasteiger partial charge in [0.15, 0.2) is 5.65 Å². The van der Waals surface area contributed by atoms with E-state index in [-0.39, 0.29) is 17.4 Å². The van der Waals surface area contributed by atoms with Gasteiger partial charge in [-0.3, -0.25) is 9.36 Å². The molecule has 0 unspecified atom stereocenters. The summed E-state index contributed by atoms with van der Waals surface area (Å²) >= 11 is 0. The number of hydrogen-bond acceptors (Lipinski definition) is 4. The number of anilines is 2. The summed E-state index contributed by atoms with van der Waals surface area (Å²) in [5.74, 6) is 0.284. The monoisotopic (exact) mass is 450 g/mol. The van der Waals surface area contributed by atoms with Crippen LogP contribution in [-0.2, 0) is 0 Å². The van der Waals surface area contributed by atoms with E-state index in [4.69, 9.17) is 0 Å². The SMILES string of the molecule is Cc1nc2ncc(N(C)c3ccc(F)cc3)cc2c(=O)n1C(c1ccccc1)c1ccccc1. The van der Waals surface area contributed by atoms with Crippen molar-refractivity contribution < 1.29 is 4.39 Å². The first-order valence-corrected chi connectivity index (χ1v) is 11.0. The Balaban J connectivity index is 1.69. The molecule has 0 saturated carbocycles. The Morgan fingerprint density at radius 1 is 0.853 bits per heavy atom. The van der Waals surface area contributed by atoms with Crippen LogP contribution in [0.25, 0.3) is 11.0 Å². The maximum absolute atomic E-state index is 13.9. The first kappa shape index (κ1) is 21.5. The van der Waals surface area contributed by atoms with Gasteiger partial charge in [-0.15, -0.1) is 0 Å². The zero-order valence-electron chi connectivity index (χ0n) is 18.9. The minimum atomic E-state index is -0.328. The molecule has 3 aromatic carbocycles. The van der Waals surface area contributed by atoms with Crippen molar-refractivity contribution in [1.82, 2.24) is 14.5 Å². The van der Waals surface area contributed by atoms with E-state index in [0.29, 0.717) is 22.5 Å².